The Morgan fingerprint density at radius 1 is 1.20 bits per heavy atom. The van der Waals surface area contributed by atoms with Gasteiger partial charge in [0.05, 0.1) is 35.4 Å². The first-order valence-electron chi connectivity index (χ1n) is 8.64. The highest BCUT2D eigenvalue weighted by atomic mass is 35.5. The molecule has 1 amide bonds. The van der Waals surface area contributed by atoms with Crippen LogP contribution in [0.15, 0.2) is 30.3 Å². The van der Waals surface area contributed by atoms with Crippen LogP contribution in [0.25, 0.3) is 0 Å². The molecule has 0 aliphatic carbocycles. The number of nitro benzene ring substituents is 1. The predicted molar refractivity (Wildman–Crippen MR) is 111 cm³/mol. The lowest BCUT2D eigenvalue weighted by Gasteiger charge is -2.15. The Morgan fingerprint density at radius 3 is 2.50 bits per heavy atom. The first-order valence-corrected chi connectivity index (χ1v) is 9.39. The van der Waals surface area contributed by atoms with E-state index in [1.165, 1.54) is 26.2 Å². The summed E-state index contributed by atoms with van der Waals surface area (Å²) in [5, 5.41) is 14.5. The van der Waals surface area contributed by atoms with E-state index in [9.17, 15) is 19.7 Å². The second-order valence-corrected chi connectivity index (χ2v) is 6.71. The lowest BCUT2D eigenvalue weighted by Crippen LogP contribution is -2.30. The summed E-state index contributed by atoms with van der Waals surface area (Å²) >= 11 is 11.9. The molecule has 0 heterocycles. The van der Waals surface area contributed by atoms with Crippen LogP contribution < -0.4 is 14.8 Å². The van der Waals surface area contributed by atoms with Crippen LogP contribution in [0.3, 0.4) is 0 Å². The van der Waals surface area contributed by atoms with E-state index in [1.807, 2.05) is 0 Å². The Morgan fingerprint density at radius 2 is 1.90 bits per heavy atom. The summed E-state index contributed by atoms with van der Waals surface area (Å²) < 4.78 is 15.5. The standard InChI is InChI=1S/C19H18Cl2N2O7/c1-4-29-17-9-15(23(26)27)12(8-16(17)28-3)19(25)30-10(2)18(24)22-14-7-11(20)5-6-13(14)21/h5-10H,4H2,1-3H3,(H,22,24). The third kappa shape index (κ3) is 5.52. The van der Waals surface area contributed by atoms with Gasteiger partial charge in [-0.15, -0.1) is 0 Å². The van der Waals surface area contributed by atoms with Crippen molar-refractivity contribution in [1.29, 1.82) is 0 Å². The van der Waals surface area contributed by atoms with Crippen LogP contribution in [-0.2, 0) is 9.53 Å². The van der Waals surface area contributed by atoms with Crippen molar-refractivity contribution in [2.24, 2.45) is 0 Å². The van der Waals surface area contributed by atoms with Gasteiger partial charge in [0, 0.05) is 11.1 Å². The van der Waals surface area contributed by atoms with E-state index < -0.39 is 28.6 Å². The number of amides is 1. The number of nitrogens with zero attached hydrogens (tertiary/aromatic N) is 1. The first kappa shape index (κ1) is 23.2. The summed E-state index contributed by atoms with van der Waals surface area (Å²) in [6.45, 7) is 3.24. The number of hydrogen-bond donors (Lipinski definition) is 1. The third-order valence-corrected chi connectivity index (χ3v) is 4.40. The summed E-state index contributed by atoms with van der Waals surface area (Å²) in [6.07, 6.45) is -1.29. The van der Waals surface area contributed by atoms with Gasteiger partial charge < -0.3 is 19.5 Å². The number of halogens is 2. The van der Waals surface area contributed by atoms with Crippen molar-refractivity contribution in [1.82, 2.24) is 0 Å². The molecule has 2 aromatic carbocycles. The molecule has 0 saturated heterocycles. The summed E-state index contributed by atoms with van der Waals surface area (Å²) in [4.78, 5) is 35.6. The van der Waals surface area contributed by atoms with Crippen molar-refractivity contribution >= 4 is 46.5 Å². The second-order valence-electron chi connectivity index (χ2n) is 5.87. The fraction of sp³-hybridized carbons (Fsp3) is 0.263. The Hall–Kier alpha value is -3.04. The Kier molecular flexibility index (Phi) is 7.85. The highest BCUT2D eigenvalue weighted by molar-refractivity contribution is 6.35. The van der Waals surface area contributed by atoms with Crippen molar-refractivity contribution in [2.75, 3.05) is 19.0 Å². The van der Waals surface area contributed by atoms with Crippen molar-refractivity contribution in [3.8, 4) is 11.5 Å². The Balaban J connectivity index is 2.24. The van der Waals surface area contributed by atoms with E-state index in [1.54, 1.807) is 13.0 Å². The Labute approximate surface area is 182 Å². The smallest absolute Gasteiger partial charge is 0.346 e. The van der Waals surface area contributed by atoms with E-state index in [0.717, 1.165) is 12.1 Å². The number of anilines is 1. The van der Waals surface area contributed by atoms with Crippen molar-refractivity contribution < 1.29 is 28.7 Å². The monoisotopic (exact) mass is 456 g/mol. The quantitative estimate of drug-likeness (QED) is 0.353. The molecule has 30 heavy (non-hydrogen) atoms. The van der Waals surface area contributed by atoms with Crippen molar-refractivity contribution in [2.45, 2.75) is 20.0 Å². The van der Waals surface area contributed by atoms with Gasteiger partial charge in [-0.3, -0.25) is 14.9 Å². The molecule has 9 nitrogen and oxygen atoms in total. The molecular formula is C19H18Cl2N2O7. The molecule has 1 unspecified atom stereocenters. The molecule has 1 atom stereocenters. The average molecular weight is 457 g/mol. The maximum absolute atomic E-state index is 12.5. The normalized spacial score (nSPS) is 11.4. The lowest BCUT2D eigenvalue weighted by molar-refractivity contribution is -0.385. The minimum absolute atomic E-state index is 0.102. The minimum Gasteiger partial charge on any atom is -0.493 e. The van der Waals surface area contributed by atoms with Crippen LogP contribution in [0.1, 0.15) is 24.2 Å². The summed E-state index contributed by atoms with van der Waals surface area (Å²) in [5.74, 6) is -1.57. The topological polar surface area (TPSA) is 117 Å². The second kappa shape index (κ2) is 10.1. The third-order valence-electron chi connectivity index (χ3n) is 3.84. The van der Waals surface area contributed by atoms with Crippen LogP contribution in [0, 0.1) is 10.1 Å². The molecular weight excluding hydrogens is 439 g/mol. The predicted octanol–water partition coefficient (Wildman–Crippen LogP) is 4.49. The summed E-state index contributed by atoms with van der Waals surface area (Å²) in [5.41, 5.74) is -0.707. The number of carbonyl (C=O) groups excluding carboxylic acids is 2. The zero-order chi connectivity index (χ0) is 22.4. The van der Waals surface area contributed by atoms with Crippen LogP contribution in [0.4, 0.5) is 11.4 Å². The van der Waals surface area contributed by atoms with E-state index in [2.05, 4.69) is 5.32 Å². The molecule has 0 aromatic heterocycles. The maximum atomic E-state index is 12.5. The van der Waals surface area contributed by atoms with E-state index >= 15 is 0 Å². The van der Waals surface area contributed by atoms with E-state index in [0.29, 0.717) is 5.02 Å². The molecule has 0 fully saturated rings. The minimum atomic E-state index is -1.29. The van der Waals surface area contributed by atoms with Gasteiger partial charge >= 0.3 is 5.97 Å². The van der Waals surface area contributed by atoms with Crippen molar-refractivity contribution in [3.63, 3.8) is 0 Å². The number of rotatable bonds is 8. The molecule has 2 rings (SSSR count). The molecule has 160 valence electrons. The number of methoxy groups -OCH3 is 1. The van der Waals surface area contributed by atoms with Crippen LogP contribution in [-0.4, -0.2) is 36.6 Å². The van der Waals surface area contributed by atoms with Gasteiger partial charge in [0.2, 0.25) is 0 Å². The molecule has 0 aliphatic heterocycles. The fourth-order valence-corrected chi connectivity index (χ4v) is 2.73. The molecule has 0 radical (unpaired) electrons. The molecule has 2 aromatic rings. The summed E-state index contributed by atoms with van der Waals surface area (Å²) in [6, 6.07) is 6.66. The highest BCUT2D eigenvalue weighted by Crippen LogP contribution is 2.35. The number of nitrogens with one attached hydrogen (secondary N) is 1. The molecule has 11 heteroatoms. The van der Waals surface area contributed by atoms with Crippen LogP contribution >= 0.6 is 23.2 Å². The van der Waals surface area contributed by atoms with Crippen molar-refractivity contribution in [3.05, 3.63) is 56.1 Å². The molecule has 1 N–H and O–H groups in total. The zero-order valence-electron chi connectivity index (χ0n) is 16.2. The van der Waals surface area contributed by atoms with Gasteiger partial charge in [-0.1, -0.05) is 23.2 Å². The number of nitro groups is 1. The lowest BCUT2D eigenvalue weighted by atomic mass is 10.1. The molecule has 0 aliphatic rings. The van der Waals surface area contributed by atoms with E-state index in [-0.39, 0.29) is 34.4 Å². The van der Waals surface area contributed by atoms with Gasteiger partial charge in [-0.2, -0.15) is 0 Å². The SMILES string of the molecule is CCOc1cc([N+](=O)[O-])c(C(=O)OC(C)C(=O)Nc2cc(Cl)ccc2Cl)cc1OC. The molecule has 0 spiro atoms. The zero-order valence-corrected chi connectivity index (χ0v) is 17.7. The summed E-state index contributed by atoms with van der Waals surface area (Å²) in [7, 11) is 1.32. The fourth-order valence-electron chi connectivity index (χ4n) is 2.40. The first-order chi connectivity index (χ1) is 14.2. The van der Waals surface area contributed by atoms with Gasteiger partial charge in [-0.05, 0) is 32.0 Å². The molecule has 0 saturated carbocycles. The van der Waals surface area contributed by atoms with Crippen LogP contribution in [0.5, 0.6) is 11.5 Å². The largest absolute Gasteiger partial charge is 0.493 e. The number of hydrogen-bond acceptors (Lipinski definition) is 7. The van der Waals surface area contributed by atoms with E-state index in [4.69, 9.17) is 37.4 Å². The van der Waals surface area contributed by atoms with Gasteiger partial charge in [0.15, 0.2) is 17.6 Å². The number of ether oxygens (including phenoxy) is 3. The Bertz CT molecular complexity index is 982. The number of esters is 1. The van der Waals surface area contributed by atoms with Gasteiger partial charge in [-0.25, -0.2) is 4.79 Å². The number of benzene rings is 2. The maximum Gasteiger partial charge on any atom is 0.346 e. The number of carbonyl (C=O) groups is 2. The molecule has 0 bridgehead atoms. The van der Waals surface area contributed by atoms with Gasteiger partial charge in [0.1, 0.15) is 5.56 Å². The van der Waals surface area contributed by atoms with Crippen LogP contribution in [0.2, 0.25) is 10.0 Å². The van der Waals surface area contributed by atoms with Gasteiger partial charge in [0.25, 0.3) is 11.6 Å². The highest BCUT2D eigenvalue weighted by Gasteiger charge is 2.28. The average Bonchev–Trinajstić information content (AvgIpc) is 2.70.